The predicted octanol–water partition coefficient (Wildman–Crippen LogP) is 5.28. The van der Waals surface area contributed by atoms with E-state index < -0.39 is 0 Å². The third kappa shape index (κ3) is 4.37. The first kappa shape index (κ1) is 18.9. The van der Waals surface area contributed by atoms with Gasteiger partial charge in [0.2, 0.25) is 0 Å². The van der Waals surface area contributed by atoms with Crippen LogP contribution in [-0.2, 0) is 16.7 Å². The summed E-state index contributed by atoms with van der Waals surface area (Å²) in [4.78, 5) is 4.17. The van der Waals surface area contributed by atoms with E-state index in [0.717, 1.165) is 44.5 Å². The Morgan fingerprint density at radius 3 is 2.67 bits per heavy atom. The summed E-state index contributed by atoms with van der Waals surface area (Å²) in [6.07, 6.45) is 12.0. The topological polar surface area (TPSA) is 34.2 Å². The average molecular weight is 385 g/mol. The molecule has 0 bridgehead atoms. The highest BCUT2D eigenvalue weighted by Crippen LogP contribution is 2.50. The van der Waals surface area contributed by atoms with Crippen LogP contribution in [0.5, 0.6) is 0 Å². The molecular weight excluding hydrogens is 356 g/mol. The molecule has 27 heavy (non-hydrogen) atoms. The molecule has 2 aromatic rings. The highest BCUT2D eigenvalue weighted by atomic mass is 35.5. The van der Waals surface area contributed by atoms with Crippen molar-refractivity contribution in [2.75, 3.05) is 13.2 Å². The molecule has 0 radical (unpaired) electrons. The maximum Gasteiger partial charge on any atom is 0.0691 e. The van der Waals surface area contributed by atoms with Gasteiger partial charge in [-0.25, -0.2) is 0 Å². The SMILES string of the molecule is Clc1cncc(CNCC[C@@]2(c3ccccc3)CCOC3(CCCC3)C2)c1. The van der Waals surface area contributed by atoms with Crippen molar-refractivity contribution in [3.05, 3.63) is 64.9 Å². The Labute approximate surface area is 167 Å². The molecule has 1 saturated heterocycles. The van der Waals surface area contributed by atoms with Gasteiger partial charge in [0.25, 0.3) is 0 Å². The van der Waals surface area contributed by atoms with Gasteiger partial charge in [-0.15, -0.1) is 0 Å². The number of hydrogen-bond acceptors (Lipinski definition) is 3. The molecule has 2 aliphatic rings. The molecule has 2 fully saturated rings. The van der Waals surface area contributed by atoms with E-state index in [4.69, 9.17) is 16.3 Å². The van der Waals surface area contributed by atoms with Crippen molar-refractivity contribution in [3.8, 4) is 0 Å². The number of aromatic nitrogens is 1. The van der Waals surface area contributed by atoms with E-state index in [2.05, 4.69) is 40.6 Å². The number of halogens is 1. The summed E-state index contributed by atoms with van der Waals surface area (Å²) in [6, 6.07) is 13.1. The molecule has 1 saturated carbocycles. The first-order chi connectivity index (χ1) is 13.2. The minimum absolute atomic E-state index is 0.116. The summed E-state index contributed by atoms with van der Waals surface area (Å²) in [5.74, 6) is 0. The lowest BCUT2D eigenvalue weighted by Crippen LogP contribution is -2.47. The van der Waals surface area contributed by atoms with E-state index in [1.807, 2.05) is 12.3 Å². The summed E-state index contributed by atoms with van der Waals surface area (Å²) in [5.41, 5.74) is 2.94. The van der Waals surface area contributed by atoms with Crippen LogP contribution in [-0.4, -0.2) is 23.7 Å². The number of nitrogens with one attached hydrogen (secondary N) is 1. The summed E-state index contributed by atoms with van der Waals surface area (Å²) in [5, 5.41) is 4.31. The molecule has 4 rings (SSSR count). The lowest BCUT2D eigenvalue weighted by atomic mass is 9.66. The Bertz CT molecular complexity index is 745. The van der Waals surface area contributed by atoms with E-state index in [1.54, 1.807) is 6.20 Å². The second kappa shape index (κ2) is 8.30. The number of pyridine rings is 1. The fraction of sp³-hybridized carbons (Fsp3) is 0.522. The summed E-state index contributed by atoms with van der Waals surface area (Å²) in [7, 11) is 0. The number of ether oxygens (including phenoxy) is 1. The number of hydrogen-bond donors (Lipinski definition) is 1. The van der Waals surface area contributed by atoms with Gasteiger partial charge in [-0.05, 0) is 55.8 Å². The minimum atomic E-state index is 0.116. The van der Waals surface area contributed by atoms with E-state index in [1.165, 1.54) is 31.2 Å². The molecule has 144 valence electrons. The van der Waals surface area contributed by atoms with Gasteiger partial charge in [-0.2, -0.15) is 0 Å². The van der Waals surface area contributed by atoms with Crippen molar-refractivity contribution < 1.29 is 4.74 Å². The van der Waals surface area contributed by atoms with E-state index in [9.17, 15) is 0 Å². The molecule has 3 nitrogen and oxygen atoms in total. The van der Waals surface area contributed by atoms with Crippen LogP contribution in [0.3, 0.4) is 0 Å². The van der Waals surface area contributed by atoms with Crippen LogP contribution in [0.15, 0.2) is 48.8 Å². The van der Waals surface area contributed by atoms with Gasteiger partial charge < -0.3 is 10.1 Å². The molecule has 2 heterocycles. The van der Waals surface area contributed by atoms with Crippen LogP contribution in [0.25, 0.3) is 0 Å². The van der Waals surface area contributed by atoms with Gasteiger partial charge in [-0.3, -0.25) is 4.98 Å². The lowest BCUT2D eigenvalue weighted by molar-refractivity contribution is -0.103. The highest BCUT2D eigenvalue weighted by molar-refractivity contribution is 6.30. The van der Waals surface area contributed by atoms with Crippen molar-refractivity contribution in [3.63, 3.8) is 0 Å². The monoisotopic (exact) mass is 384 g/mol. The third-order valence-electron chi connectivity index (χ3n) is 6.42. The maximum atomic E-state index is 6.35. The van der Waals surface area contributed by atoms with Crippen molar-refractivity contribution in [1.29, 1.82) is 0 Å². The lowest BCUT2D eigenvalue weighted by Gasteiger charge is -2.47. The second-order valence-corrected chi connectivity index (χ2v) is 8.69. The molecule has 1 aliphatic heterocycles. The molecule has 0 amide bonds. The van der Waals surface area contributed by atoms with Gasteiger partial charge in [0.05, 0.1) is 10.6 Å². The normalized spacial score (nSPS) is 24.3. The number of nitrogens with zero attached hydrogens (tertiary/aromatic N) is 1. The van der Waals surface area contributed by atoms with Crippen molar-refractivity contribution in [1.82, 2.24) is 10.3 Å². The molecule has 1 aromatic heterocycles. The zero-order valence-corrected chi connectivity index (χ0v) is 16.7. The minimum Gasteiger partial charge on any atom is -0.375 e. The first-order valence-corrected chi connectivity index (χ1v) is 10.6. The first-order valence-electron chi connectivity index (χ1n) is 10.2. The van der Waals surface area contributed by atoms with E-state index >= 15 is 0 Å². The van der Waals surface area contributed by atoms with Gasteiger partial charge in [0, 0.05) is 31.0 Å². The molecule has 1 spiro atoms. The van der Waals surface area contributed by atoms with Crippen molar-refractivity contribution in [2.45, 2.75) is 62.5 Å². The van der Waals surface area contributed by atoms with Crippen LogP contribution in [0.4, 0.5) is 0 Å². The average Bonchev–Trinajstić information content (AvgIpc) is 3.13. The Morgan fingerprint density at radius 2 is 1.89 bits per heavy atom. The number of rotatable bonds is 6. The fourth-order valence-corrected chi connectivity index (χ4v) is 5.26. The fourth-order valence-electron chi connectivity index (χ4n) is 5.07. The molecule has 1 atom stereocenters. The quantitative estimate of drug-likeness (QED) is 0.688. The largest absolute Gasteiger partial charge is 0.375 e. The summed E-state index contributed by atoms with van der Waals surface area (Å²) < 4.78 is 6.35. The zero-order chi connectivity index (χ0) is 18.6. The zero-order valence-electron chi connectivity index (χ0n) is 15.9. The maximum absolute atomic E-state index is 6.35. The number of benzene rings is 1. The summed E-state index contributed by atoms with van der Waals surface area (Å²) in [6.45, 7) is 2.67. The highest BCUT2D eigenvalue weighted by Gasteiger charge is 2.47. The third-order valence-corrected chi connectivity index (χ3v) is 6.63. The molecule has 1 N–H and O–H groups in total. The Hall–Kier alpha value is -1.42. The van der Waals surface area contributed by atoms with Crippen molar-refractivity contribution >= 4 is 11.6 Å². The Kier molecular flexibility index (Phi) is 5.82. The predicted molar refractivity (Wildman–Crippen MR) is 110 cm³/mol. The molecule has 4 heteroatoms. The van der Waals surface area contributed by atoms with Gasteiger partial charge in [-0.1, -0.05) is 54.8 Å². The van der Waals surface area contributed by atoms with Gasteiger partial charge >= 0.3 is 0 Å². The van der Waals surface area contributed by atoms with Gasteiger partial charge in [0.15, 0.2) is 0 Å². The summed E-state index contributed by atoms with van der Waals surface area (Å²) >= 11 is 6.05. The molecule has 0 unspecified atom stereocenters. The Morgan fingerprint density at radius 1 is 1.07 bits per heavy atom. The molecular formula is C23H29ClN2O. The van der Waals surface area contributed by atoms with Crippen LogP contribution < -0.4 is 5.32 Å². The van der Waals surface area contributed by atoms with E-state index in [-0.39, 0.29) is 11.0 Å². The Balaban J connectivity index is 1.45. The smallest absolute Gasteiger partial charge is 0.0691 e. The second-order valence-electron chi connectivity index (χ2n) is 8.25. The molecule has 1 aromatic carbocycles. The van der Waals surface area contributed by atoms with Crippen LogP contribution in [0.2, 0.25) is 5.02 Å². The van der Waals surface area contributed by atoms with Crippen molar-refractivity contribution in [2.24, 2.45) is 0 Å². The molecule has 1 aliphatic carbocycles. The van der Waals surface area contributed by atoms with Crippen LogP contribution >= 0.6 is 11.6 Å². The standard InChI is InChI=1S/C23H29ClN2O/c24-21-14-19(16-26-17-21)15-25-12-10-22(20-6-2-1-3-7-20)11-13-27-23(18-22)8-4-5-9-23/h1-3,6-7,14,16-17,25H,4-5,8-13,15,18H2/t22-/m1/s1. The van der Waals surface area contributed by atoms with Crippen LogP contribution in [0, 0.1) is 0 Å². The van der Waals surface area contributed by atoms with Gasteiger partial charge in [0.1, 0.15) is 0 Å². The van der Waals surface area contributed by atoms with E-state index in [0.29, 0.717) is 5.02 Å². The van der Waals surface area contributed by atoms with Crippen LogP contribution in [0.1, 0.15) is 56.1 Å².